The van der Waals surface area contributed by atoms with E-state index < -0.39 is 0 Å². The molecular formula is C20H16N2OS. The van der Waals surface area contributed by atoms with Crippen LogP contribution in [-0.4, -0.2) is 9.55 Å². The lowest BCUT2D eigenvalue weighted by molar-refractivity contribution is 0.726. The number of aromatic nitrogens is 2. The Balaban J connectivity index is 1.72. The lowest BCUT2D eigenvalue weighted by atomic mass is 10.1. The zero-order chi connectivity index (χ0) is 16.5. The van der Waals surface area contributed by atoms with Crippen LogP contribution in [0.25, 0.3) is 21.7 Å². The lowest BCUT2D eigenvalue weighted by Gasteiger charge is -2.10. The number of hydrogen-bond acceptors (Lipinski definition) is 3. The van der Waals surface area contributed by atoms with Crippen molar-refractivity contribution in [1.29, 1.82) is 0 Å². The second-order valence-electron chi connectivity index (χ2n) is 5.70. The number of fused-ring (bicyclic) bond motifs is 2. The summed E-state index contributed by atoms with van der Waals surface area (Å²) in [7, 11) is 1.78. The second kappa shape index (κ2) is 6.13. The van der Waals surface area contributed by atoms with E-state index in [4.69, 9.17) is 0 Å². The smallest absolute Gasteiger partial charge is 0.261 e. The second-order valence-corrected chi connectivity index (χ2v) is 6.65. The minimum atomic E-state index is 0.000944. The van der Waals surface area contributed by atoms with Gasteiger partial charge in [-0.3, -0.25) is 9.36 Å². The molecule has 24 heavy (non-hydrogen) atoms. The highest BCUT2D eigenvalue weighted by molar-refractivity contribution is 7.98. The minimum absolute atomic E-state index is 0.000944. The van der Waals surface area contributed by atoms with Crippen molar-refractivity contribution >= 4 is 33.4 Å². The van der Waals surface area contributed by atoms with E-state index >= 15 is 0 Å². The first-order chi connectivity index (χ1) is 11.7. The summed E-state index contributed by atoms with van der Waals surface area (Å²) in [5.41, 5.74) is 2.00. The molecular weight excluding hydrogens is 316 g/mol. The van der Waals surface area contributed by atoms with Crippen LogP contribution in [0.5, 0.6) is 0 Å². The summed E-state index contributed by atoms with van der Waals surface area (Å²) in [6.45, 7) is 0. The maximum atomic E-state index is 12.5. The molecule has 0 radical (unpaired) electrons. The van der Waals surface area contributed by atoms with Crippen LogP contribution in [0, 0.1) is 0 Å². The molecule has 0 bridgehead atoms. The first kappa shape index (κ1) is 15.0. The highest BCUT2D eigenvalue weighted by Gasteiger charge is 2.09. The summed E-state index contributed by atoms with van der Waals surface area (Å²) in [4.78, 5) is 17.1. The minimum Gasteiger partial charge on any atom is -0.290 e. The number of nitrogens with zero attached hydrogens (tertiary/aromatic N) is 2. The summed E-state index contributed by atoms with van der Waals surface area (Å²) in [5.74, 6) is 0.778. The molecule has 0 fully saturated rings. The zero-order valence-electron chi connectivity index (χ0n) is 13.3. The zero-order valence-corrected chi connectivity index (χ0v) is 14.1. The van der Waals surface area contributed by atoms with Gasteiger partial charge in [0, 0.05) is 12.8 Å². The molecule has 1 aromatic heterocycles. The highest BCUT2D eigenvalue weighted by atomic mass is 32.2. The predicted molar refractivity (Wildman–Crippen MR) is 100 cm³/mol. The standard InChI is InChI=1S/C20H16N2OS/c1-22-19(23)17-11-4-5-12-18(17)21-20(22)24-13-15-9-6-8-14-7-2-3-10-16(14)15/h2-12H,13H2,1H3. The number of thioether (sulfide) groups is 1. The quantitative estimate of drug-likeness (QED) is 0.412. The third kappa shape index (κ3) is 2.59. The maximum absolute atomic E-state index is 12.5. The van der Waals surface area contributed by atoms with E-state index in [-0.39, 0.29) is 5.56 Å². The SMILES string of the molecule is Cn1c(SCc2cccc3ccccc23)nc2ccccc2c1=O. The Kier molecular flexibility index (Phi) is 3.82. The van der Waals surface area contributed by atoms with Crippen molar-refractivity contribution in [3.63, 3.8) is 0 Å². The van der Waals surface area contributed by atoms with E-state index in [1.54, 1.807) is 23.4 Å². The van der Waals surface area contributed by atoms with Crippen LogP contribution in [0.3, 0.4) is 0 Å². The van der Waals surface area contributed by atoms with Crippen molar-refractivity contribution in [2.75, 3.05) is 0 Å². The Labute approximate surface area is 144 Å². The Hall–Kier alpha value is -2.59. The van der Waals surface area contributed by atoms with E-state index in [9.17, 15) is 4.79 Å². The van der Waals surface area contributed by atoms with E-state index in [0.29, 0.717) is 5.39 Å². The summed E-state index contributed by atoms with van der Waals surface area (Å²) < 4.78 is 1.64. The average Bonchev–Trinajstić information content (AvgIpc) is 2.63. The largest absolute Gasteiger partial charge is 0.290 e. The van der Waals surface area contributed by atoms with Crippen LogP contribution < -0.4 is 5.56 Å². The Morgan fingerprint density at radius 2 is 1.62 bits per heavy atom. The third-order valence-corrected chi connectivity index (χ3v) is 5.26. The summed E-state index contributed by atoms with van der Waals surface area (Å²) in [6, 6.07) is 22.2. The van der Waals surface area contributed by atoms with Gasteiger partial charge in [0.15, 0.2) is 5.16 Å². The van der Waals surface area contributed by atoms with Crippen LogP contribution in [0.4, 0.5) is 0 Å². The molecule has 4 aromatic rings. The fourth-order valence-corrected chi connectivity index (χ4v) is 3.86. The van der Waals surface area contributed by atoms with Crippen LogP contribution in [0.1, 0.15) is 5.56 Å². The molecule has 0 saturated carbocycles. The molecule has 3 nitrogen and oxygen atoms in total. The van der Waals surface area contributed by atoms with E-state index in [0.717, 1.165) is 16.4 Å². The Morgan fingerprint density at radius 1 is 0.917 bits per heavy atom. The van der Waals surface area contributed by atoms with Gasteiger partial charge in [-0.05, 0) is 28.5 Å². The molecule has 0 aliphatic carbocycles. The average molecular weight is 332 g/mol. The summed E-state index contributed by atoms with van der Waals surface area (Å²) in [5, 5.41) is 3.88. The van der Waals surface area contributed by atoms with Gasteiger partial charge < -0.3 is 0 Å². The van der Waals surface area contributed by atoms with Gasteiger partial charge in [-0.15, -0.1) is 0 Å². The van der Waals surface area contributed by atoms with Crippen LogP contribution in [-0.2, 0) is 12.8 Å². The van der Waals surface area contributed by atoms with E-state index in [1.807, 2.05) is 30.3 Å². The van der Waals surface area contributed by atoms with Crippen molar-refractivity contribution in [3.8, 4) is 0 Å². The fraction of sp³-hybridized carbons (Fsp3) is 0.100. The fourth-order valence-electron chi connectivity index (χ4n) is 2.89. The molecule has 3 aromatic carbocycles. The van der Waals surface area contributed by atoms with Crippen molar-refractivity contribution in [2.45, 2.75) is 10.9 Å². The topological polar surface area (TPSA) is 34.9 Å². The van der Waals surface area contributed by atoms with Gasteiger partial charge in [0.2, 0.25) is 0 Å². The summed E-state index contributed by atoms with van der Waals surface area (Å²) >= 11 is 1.60. The molecule has 0 aliphatic heterocycles. The van der Waals surface area contributed by atoms with Gasteiger partial charge in [0.05, 0.1) is 10.9 Å². The molecule has 4 rings (SSSR count). The van der Waals surface area contributed by atoms with Gasteiger partial charge in [0.1, 0.15) is 0 Å². The van der Waals surface area contributed by atoms with Gasteiger partial charge in [-0.1, -0.05) is 66.4 Å². The Morgan fingerprint density at radius 3 is 2.50 bits per heavy atom. The normalized spacial score (nSPS) is 11.2. The molecule has 0 saturated heterocycles. The van der Waals surface area contributed by atoms with Crippen molar-refractivity contribution in [3.05, 3.63) is 82.6 Å². The van der Waals surface area contributed by atoms with E-state index in [1.165, 1.54) is 16.3 Å². The molecule has 0 aliphatic rings. The van der Waals surface area contributed by atoms with Crippen LogP contribution >= 0.6 is 11.8 Å². The Bertz CT molecular complexity index is 1100. The predicted octanol–water partition coefficient (Wildman–Crippen LogP) is 4.38. The molecule has 0 atom stereocenters. The highest BCUT2D eigenvalue weighted by Crippen LogP contribution is 2.26. The van der Waals surface area contributed by atoms with Crippen molar-refractivity contribution in [1.82, 2.24) is 9.55 Å². The van der Waals surface area contributed by atoms with Crippen LogP contribution in [0.2, 0.25) is 0 Å². The van der Waals surface area contributed by atoms with Crippen molar-refractivity contribution in [2.24, 2.45) is 7.05 Å². The molecule has 118 valence electrons. The number of benzene rings is 3. The lowest BCUT2D eigenvalue weighted by Crippen LogP contribution is -2.19. The van der Waals surface area contributed by atoms with Crippen LogP contribution in [0.15, 0.2) is 76.7 Å². The van der Waals surface area contributed by atoms with Crippen molar-refractivity contribution < 1.29 is 0 Å². The number of hydrogen-bond donors (Lipinski definition) is 0. The summed E-state index contributed by atoms with van der Waals surface area (Å²) in [6.07, 6.45) is 0. The molecule has 1 heterocycles. The van der Waals surface area contributed by atoms with Gasteiger partial charge >= 0.3 is 0 Å². The molecule has 4 heteroatoms. The third-order valence-electron chi connectivity index (χ3n) is 4.18. The number of para-hydroxylation sites is 1. The molecule has 0 amide bonds. The van der Waals surface area contributed by atoms with Gasteiger partial charge in [0.25, 0.3) is 5.56 Å². The number of rotatable bonds is 3. The van der Waals surface area contributed by atoms with E-state index in [2.05, 4.69) is 41.4 Å². The first-order valence-corrected chi connectivity index (χ1v) is 8.78. The first-order valence-electron chi connectivity index (χ1n) is 7.79. The van der Waals surface area contributed by atoms with Gasteiger partial charge in [-0.25, -0.2) is 4.98 Å². The maximum Gasteiger partial charge on any atom is 0.261 e. The molecule has 0 spiro atoms. The monoisotopic (exact) mass is 332 g/mol. The van der Waals surface area contributed by atoms with Gasteiger partial charge in [-0.2, -0.15) is 0 Å². The molecule has 0 unspecified atom stereocenters. The molecule has 0 N–H and O–H groups in total.